The van der Waals surface area contributed by atoms with E-state index in [2.05, 4.69) is 57.1 Å². The van der Waals surface area contributed by atoms with E-state index in [4.69, 9.17) is 0 Å². The highest BCUT2D eigenvalue weighted by Crippen LogP contribution is 2.25. The van der Waals surface area contributed by atoms with Gasteiger partial charge in [0, 0.05) is 43.6 Å². The number of aromatic nitrogens is 2. The average Bonchev–Trinajstić information content (AvgIpc) is 2.70. The van der Waals surface area contributed by atoms with Gasteiger partial charge in [0.1, 0.15) is 23.3 Å². The summed E-state index contributed by atoms with van der Waals surface area (Å²) < 4.78 is 13.2. The molecule has 4 rings (SSSR count). The van der Waals surface area contributed by atoms with E-state index in [0.717, 1.165) is 55.0 Å². The molecule has 29 heavy (non-hydrogen) atoms. The molecule has 1 aromatic heterocycles. The van der Waals surface area contributed by atoms with E-state index < -0.39 is 0 Å². The Morgan fingerprint density at radius 1 is 0.828 bits per heavy atom. The van der Waals surface area contributed by atoms with Crippen molar-refractivity contribution in [2.75, 3.05) is 41.3 Å². The third-order valence-electron chi connectivity index (χ3n) is 5.26. The molecule has 0 bridgehead atoms. The predicted molar refractivity (Wildman–Crippen MR) is 117 cm³/mol. The third kappa shape index (κ3) is 4.47. The molecule has 1 saturated heterocycles. The summed E-state index contributed by atoms with van der Waals surface area (Å²) in [5.74, 6) is 2.28. The smallest absolute Gasteiger partial charge is 0.136 e. The summed E-state index contributed by atoms with van der Waals surface area (Å²) >= 11 is 0. The molecule has 150 valence electrons. The van der Waals surface area contributed by atoms with Crippen molar-refractivity contribution in [1.29, 1.82) is 0 Å². The van der Waals surface area contributed by atoms with E-state index >= 15 is 0 Å². The minimum absolute atomic E-state index is 0.201. The lowest BCUT2D eigenvalue weighted by Crippen LogP contribution is -2.46. The minimum Gasteiger partial charge on any atom is -0.368 e. The van der Waals surface area contributed by atoms with Gasteiger partial charge in [-0.3, -0.25) is 0 Å². The summed E-state index contributed by atoms with van der Waals surface area (Å²) in [6.45, 7) is 9.57. The Morgan fingerprint density at radius 3 is 2.21 bits per heavy atom. The summed E-state index contributed by atoms with van der Waals surface area (Å²) in [7, 11) is 0. The van der Waals surface area contributed by atoms with Crippen LogP contribution in [0.3, 0.4) is 0 Å². The maximum Gasteiger partial charge on any atom is 0.136 e. The quantitative estimate of drug-likeness (QED) is 0.704. The molecule has 1 fully saturated rings. The molecule has 0 saturated carbocycles. The first kappa shape index (κ1) is 19.2. The van der Waals surface area contributed by atoms with Crippen molar-refractivity contribution < 1.29 is 4.39 Å². The number of halogens is 1. The van der Waals surface area contributed by atoms with Crippen molar-refractivity contribution in [3.63, 3.8) is 0 Å². The molecule has 2 heterocycles. The van der Waals surface area contributed by atoms with Crippen LogP contribution in [0.25, 0.3) is 0 Å². The highest BCUT2D eigenvalue weighted by atomic mass is 19.1. The number of benzene rings is 2. The van der Waals surface area contributed by atoms with Crippen molar-refractivity contribution in [2.24, 2.45) is 0 Å². The topological polar surface area (TPSA) is 44.3 Å². The van der Waals surface area contributed by atoms with E-state index in [1.54, 1.807) is 0 Å². The highest BCUT2D eigenvalue weighted by molar-refractivity contribution is 5.63. The third-order valence-corrected chi connectivity index (χ3v) is 5.26. The van der Waals surface area contributed by atoms with Gasteiger partial charge in [0.05, 0.1) is 0 Å². The first-order valence-electron chi connectivity index (χ1n) is 9.93. The molecule has 0 atom stereocenters. The summed E-state index contributed by atoms with van der Waals surface area (Å²) in [5.41, 5.74) is 4.55. The predicted octanol–water partition coefficient (Wildman–Crippen LogP) is 4.61. The van der Waals surface area contributed by atoms with Crippen LogP contribution in [0.5, 0.6) is 0 Å². The molecule has 3 aromatic rings. The van der Waals surface area contributed by atoms with Crippen molar-refractivity contribution in [3.8, 4) is 0 Å². The summed E-state index contributed by atoms with van der Waals surface area (Å²) in [4.78, 5) is 13.8. The number of nitrogens with one attached hydrogen (secondary N) is 1. The van der Waals surface area contributed by atoms with Gasteiger partial charge in [0.15, 0.2) is 0 Å². The number of nitrogens with zero attached hydrogens (tertiary/aromatic N) is 4. The standard InChI is InChI=1S/C23H26FN5/c1-16-4-9-21(17(2)14-16)27-22-15-23(26-18(3)25-22)29-12-10-28(11-13-29)20-7-5-19(24)6-8-20/h4-9,14-15H,10-13H2,1-3H3,(H,25,26,27). The molecule has 5 nitrogen and oxygen atoms in total. The van der Waals surface area contributed by atoms with Gasteiger partial charge in [0.25, 0.3) is 0 Å². The number of anilines is 4. The Balaban J connectivity index is 1.47. The maximum atomic E-state index is 13.2. The van der Waals surface area contributed by atoms with Crippen LogP contribution in [0.15, 0.2) is 48.5 Å². The van der Waals surface area contributed by atoms with Gasteiger partial charge < -0.3 is 15.1 Å². The van der Waals surface area contributed by atoms with Crippen molar-refractivity contribution in [2.45, 2.75) is 20.8 Å². The fourth-order valence-electron chi connectivity index (χ4n) is 3.72. The Bertz CT molecular complexity index is 995. The fraction of sp³-hybridized carbons (Fsp3) is 0.304. The number of hydrogen-bond acceptors (Lipinski definition) is 5. The molecule has 1 aliphatic rings. The van der Waals surface area contributed by atoms with Crippen LogP contribution < -0.4 is 15.1 Å². The summed E-state index contributed by atoms with van der Waals surface area (Å²) in [5, 5.41) is 3.44. The molecule has 0 unspecified atom stereocenters. The number of rotatable bonds is 4. The van der Waals surface area contributed by atoms with Gasteiger partial charge >= 0.3 is 0 Å². The van der Waals surface area contributed by atoms with E-state index in [-0.39, 0.29) is 5.82 Å². The molecule has 0 amide bonds. The molecule has 6 heteroatoms. The van der Waals surface area contributed by atoms with Crippen LogP contribution in [0.1, 0.15) is 17.0 Å². The van der Waals surface area contributed by atoms with Crippen molar-refractivity contribution in [3.05, 3.63) is 71.3 Å². The summed E-state index contributed by atoms with van der Waals surface area (Å²) in [6, 6.07) is 15.1. The van der Waals surface area contributed by atoms with Crippen LogP contribution in [0.2, 0.25) is 0 Å². The van der Waals surface area contributed by atoms with Gasteiger partial charge in [-0.2, -0.15) is 0 Å². The lowest BCUT2D eigenvalue weighted by molar-refractivity contribution is 0.624. The van der Waals surface area contributed by atoms with Gasteiger partial charge in [0.2, 0.25) is 0 Å². The van der Waals surface area contributed by atoms with E-state index in [0.29, 0.717) is 0 Å². The minimum atomic E-state index is -0.201. The monoisotopic (exact) mass is 391 g/mol. The van der Waals surface area contributed by atoms with Crippen molar-refractivity contribution in [1.82, 2.24) is 9.97 Å². The first-order valence-corrected chi connectivity index (χ1v) is 9.93. The normalized spacial score (nSPS) is 14.2. The van der Waals surface area contributed by atoms with E-state index in [1.165, 1.54) is 23.3 Å². The van der Waals surface area contributed by atoms with Gasteiger partial charge in [-0.05, 0) is 56.7 Å². The molecule has 0 aliphatic carbocycles. The molecular formula is C23H26FN5. The van der Waals surface area contributed by atoms with Crippen LogP contribution >= 0.6 is 0 Å². The van der Waals surface area contributed by atoms with Crippen molar-refractivity contribution >= 4 is 23.0 Å². The van der Waals surface area contributed by atoms with E-state index in [1.807, 2.05) is 25.1 Å². The molecule has 0 spiro atoms. The van der Waals surface area contributed by atoms with Gasteiger partial charge in [-0.1, -0.05) is 17.7 Å². The zero-order valence-corrected chi connectivity index (χ0v) is 17.1. The lowest BCUT2D eigenvalue weighted by Gasteiger charge is -2.36. The average molecular weight is 391 g/mol. The second kappa shape index (κ2) is 8.07. The second-order valence-electron chi connectivity index (χ2n) is 7.55. The highest BCUT2D eigenvalue weighted by Gasteiger charge is 2.19. The number of aryl methyl sites for hydroxylation is 3. The SMILES string of the molecule is Cc1ccc(Nc2cc(N3CCN(c4ccc(F)cc4)CC3)nc(C)n2)c(C)c1. The zero-order valence-electron chi connectivity index (χ0n) is 17.1. The first-order chi connectivity index (χ1) is 14.0. The van der Waals surface area contributed by atoms with Crippen LogP contribution in [-0.2, 0) is 0 Å². The Morgan fingerprint density at radius 2 is 1.52 bits per heavy atom. The molecule has 1 N–H and O–H groups in total. The molecule has 2 aromatic carbocycles. The largest absolute Gasteiger partial charge is 0.368 e. The van der Waals surface area contributed by atoms with Gasteiger partial charge in [-0.15, -0.1) is 0 Å². The van der Waals surface area contributed by atoms with Crippen LogP contribution in [0.4, 0.5) is 27.4 Å². The Labute approximate surface area is 171 Å². The molecule has 0 radical (unpaired) electrons. The zero-order chi connectivity index (χ0) is 20.4. The number of hydrogen-bond donors (Lipinski definition) is 1. The molecule has 1 aliphatic heterocycles. The fourth-order valence-corrected chi connectivity index (χ4v) is 3.72. The van der Waals surface area contributed by atoms with E-state index in [9.17, 15) is 4.39 Å². The van der Waals surface area contributed by atoms with Crippen LogP contribution in [-0.4, -0.2) is 36.1 Å². The maximum absolute atomic E-state index is 13.2. The van der Waals surface area contributed by atoms with Gasteiger partial charge in [-0.25, -0.2) is 14.4 Å². The number of piperazine rings is 1. The molecular weight excluding hydrogens is 365 g/mol. The Kier molecular flexibility index (Phi) is 5.34. The summed E-state index contributed by atoms with van der Waals surface area (Å²) in [6.07, 6.45) is 0. The lowest BCUT2D eigenvalue weighted by atomic mass is 10.1. The van der Waals surface area contributed by atoms with Crippen LogP contribution in [0, 0.1) is 26.6 Å². The second-order valence-corrected chi connectivity index (χ2v) is 7.55. The Hall–Kier alpha value is -3.15.